The van der Waals surface area contributed by atoms with Crippen molar-refractivity contribution in [2.24, 2.45) is 5.92 Å². The minimum Gasteiger partial charge on any atom is -0.306 e. The minimum atomic E-state index is 0.712. The lowest BCUT2D eigenvalue weighted by atomic mass is 10.1. The van der Waals surface area contributed by atoms with Gasteiger partial charge in [0.2, 0.25) is 0 Å². The molecule has 1 aliphatic heterocycles. The largest absolute Gasteiger partial charge is 0.306 e. The van der Waals surface area contributed by atoms with Crippen LogP contribution in [0.25, 0.3) is 11.0 Å². The molecule has 0 radical (unpaired) electrons. The maximum Gasteiger partial charge on any atom is 0.114 e. The van der Waals surface area contributed by atoms with Crippen LogP contribution in [0.1, 0.15) is 6.42 Å². The van der Waals surface area contributed by atoms with Gasteiger partial charge in [0.15, 0.2) is 0 Å². The molecule has 5 heteroatoms. The first-order chi connectivity index (χ1) is 8.22. The van der Waals surface area contributed by atoms with Crippen molar-refractivity contribution in [3.8, 4) is 0 Å². The summed E-state index contributed by atoms with van der Waals surface area (Å²) in [5, 5.41) is 8.50. The molecule has 4 nitrogen and oxygen atoms in total. The zero-order chi connectivity index (χ0) is 11.8. The first-order valence-corrected chi connectivity index (χ1v) is 6.97. The summed E-state index contributed by atoms with van der Waals surface area (Å²) >= 11 is 2.31. The first kappa shape index (κ1) is 11.4. The van der Waals surface area contributed by atoms with Crippen molar-refractivity contribution in [3.05, 3.63) is 21.8 Å². The second-order valence-corrected chi connectivity index (χ2v) is 6.07. The molecule has 17 heavy (non-hydrogen) atoms. The van der Waals surface area contributed by atoms with Crippen LogP contribution in [0.15, 0.2) is 18.2 Å². The number of halogens is 1. The monoisotopic (exact) mass is 342 g/mol. The van der Waals surface area contributed by atoms with Gasteiger partial charge in [0.1, 0.15) is 5.52 Å². The van der Waals surface area contributed by atoms with Gasteiger partial charge in [-0.05, 0) is 66.7 Å². The van der Waals surface area contributed by atoms with Crippen molar-refractivity contribution in [1.29, 1.82) is 0 Å². The molecule has 1 atom stereocenters. The van der Waals surface area contributed by atoms with Gasteiger partial charge in [0.05, 0.1) is 5.52 Å². The van der Waals surface area contributed by atoms with Crippen LogP contribution in [-0.4, -0.2) is 40.0 Å². The Hall–Kier alpha value is -0.690. The standard InChI is InChI=1S/C12H15IN4/c1-16-5-4-9(7-16)8-17-12-3-2-10(13)6-11(12)14-15-17/h2-3,6,9H,4-5,7-8H2,1H3. The normalized spacial score (nSPS) is 21.4. The Morgan fingerprint density at radius 1 is 1.47 bits per heavy atom. The van der Waals surface area contributed by atoms with Gasteiger partial charge in [0, 0.05) is 16.7 Å². The SMILES string of the molecule is CN1CCC(Cn2nnc3cc(I)ccc32)C1. The summed E-state index contributed by atoms with van der Waals surface area (Å²) in [4.78, 5) is 2.38. The van der Waals surface area contributed by atoms with Crippen molar-refractivity contribution >= 4 is 33.6 Å². The molecule has 0 saturated carbocycles. The smallest absolute Gasteiger partial charge is 0.114 e. The van der Waals surface area contributed by atoms with E-state index in [9.17, 15) is 0 Å². The summed E-state index contributed by atoms with van der Waals surface area (Å²) < 4.78 is 3.26. The van der Waals surface area contributed by atoms with E-state index >= 15 is 0 Å². The van der Waals surface area contributed by atoms with Crippen molar-refractivity contribution in [1.82, 2.24) is 19.9 Å². The van der Waals surface area contributed by atoms with Gasteiger partial charge in [0.25, 0.3) is 0 Å². The van der Waals surface area contributed by atoms with Gasteiger partial charge in [-0.1, -0.05) is 5.21 Å². The molecule has 3 rings (SSSR count). The van der Waals surface area contributed by atoms with E-state index < -0.39 is 0 Å². The van der Waals surface area contributed by atoms with Gasteiger partial charge < -0.3 is 4.90 Å². The summed E-state index contributed by atoms with van der Waals surface area (Å²) in [7, 11) is 2.18. The Morgan fingerprint density at radius 3 is 3.12 bits per heavy atom. The van der Waals surface area contributed by atoms with Gasteiger partial charge in [-0.15, -0.1) is 5.10 Å². The highest BCUT2D eigenvalue weighted by Gasteiger charge is 2.20. The molecule has 2 aromatic rings. The number of hydrogen-bond donors (Lipinski definition) is 0. The average Bonchev–Trinajstić information content (AvgIpc) is 2.86. The van der Waals surface area contributed by atoms with Crippen molar-refractivity contribution < 1.29 is 0 Å². The zero-order valence-corrected chi connectivity index (χ0v) is 12.0. The first-order valence-electron chi connectivity index (χ1n) is 5.89. The van der Waals surface area contributed by atoms with Crippen LogP contribution in [0.5, 0.6) is 0 Å². The number of hydrogen-bond acceptors (Lipinski definition) is 3. The van der Waals surface area contributed by atoms with E-state index in [-0.39, 0.29) is 0 Å². The van der Waals surface area contributed by atoms with E-state index in [1.807, 2.05) is 0 Å². The highest BCUT2D eigenvalue weighted by atomic mass is 127. The fourth-order valence-electron chi connectivity index (χ4n) is 2.50. The average molecular weight is 342 g/mol. The molecule has 0 bridgehead atoms. The van der Waals surface area contributed by atoms with Gasteiger partial charge in [-0.2, -0.15) is 0 Å². The topological polar surface area (TPSA) is 34.0 Å². The molecule has 1 fully saturated rings. The number of benzene rings is 1. The van der Waals surface area contributed by atoms with Crippen LogP contribution in [0.4, 0.5) is 0 Å². The number of nitrogens with zero attached hydrogens (tertiary/aromatic N) is 4. The molecule has 0 N–H and O–H groups in total. The van der Waals surface area contributed by atoms with Crippen LogP contribution in [-0.2, 0) is 6.54 Å². The molecule has 0 spiro atoms. The molecule has 1 unspecified atom stereocenters. The van der Waals surface area contributed by atoms with E-state index in [1.54, 1.807) is 0 Å². The summed E-state index contributed by atoms with van der Waals surface area (Å²) in [5.74, 6) is 0.712. The summed E-state index contributed by atoms with van der Waals surface area (Å²) in [6, 6.07) is 6.32. The van der Waals surface area contributed by atoms with E-state index in [2.05, 4.69) is 67.7 Å². The molecule has 90 valence electrons. The zero-order valence-electron chi connectivity index (χ0n) is 9.80. The Balaban J connectivity index is 1.85. The summed E-state index contributed by atoms with van der Waals surface area (Å²) in [6.07, 6.45) is 1.27. The quantitative estimate of drug-likeness (QED) is 0.783. The Labute approximate surface area is 114 Å². The third-order valence-corrected chi connectivity index (χ3v) is 4.07. The fraction of sp³-hybridized carbons (Fsp3) is 0.500. The number of fused-ring (bicyclic) bond motifs is 1. The van der Waals surface area contributed by atoms with Crippen LogP contribution < -0.4 is 0 Å². The molecule has 2 heterocycles. The van der Waals surface area contributed by atoms with Crippen LogP contribution in [0.2, 0.25) is 0 Å². The molecule has 1 aliphatic rings. The maximum absolute atomic E-state index is 4.27. The highest BCUT2D eigenvalue weighted by Crippen LogP contribution is 2.20. The number of aromatic nitrogens is 3. The molecule has 0 amide bonds. The lowest BCUT2D eigenvalue weighted by molar-refractivity contribution is 0.370. The maximum atomic E-state index is 4.27. The van der Waals surface area contributed by atoms with Crippen LogP contribution >= 0.6 is 22.6 Å². The van der Waals surface area contributed by atoms with Crippen molar-refractivity contribution in [2.45, 2.75) is 13.0 Å². The Kier molecular flexibility index (Phi) is 3.04. The third kappa shape index (κ3) is 2.30. The molecule has 1 aromatic heterocycles. The predicted molar refractivity (Wildman–Crippen MR) is 75.8 cm³/mol. The van der Waals surface area contributed by atoms with Crippen molar-refractivity contribution in [3.63, 3.8) is 0 Å². The molecule has 1 saturated heterocycles. The lowest BCUT2D eigenvalue weighted by Crippen LogP contribution is -2.17. The van der Waals surface area contributed by atoms with Gasteiger partial charge in [-0.25, -0.2) is 4.68 Å². The lowest BCUT2D eigenvalue weighted by Gasteiger charge is -2.10. The Morgan fingerprint density at radius 2 is 2.35 bits per heavy atom. The minimum absolute atomic E-state index is 0.712. The highest BCUT2D eigenvalue weighted by molar-refractivity contribution is 14.1. The van der Waals surface area contributed by atoms with Gasteiger partial charge >= 0.3 is 0 Å². The van der Waals surface area contributed by atoms with E-state index in [0.29, 0.717) is 5.92 Å². The second kappa shape index (κ2) is 4.53. The summed E-state index contributed by atoms with van der Waals surface area (Å²) in [5.41, 5.74) is 2.16. The van der Waals surface area contributed by atoms with Gasteiger partial charge in [-0.3, -0.25) is 0 Å². The predicted octanol–water partition coefficient (Wildman–Crippen LogP) is 1.99. The number of likely N-dealkylation sites (tertiary alicyclic amines) is 1. The molecular formula is C12H15IN4. The summed E-state index contributed by atoms with van der Waals surface area (Å²) in [6.45, 7) is 3.36. The molecular weight excluding hydrogens is 327 g/mol. The Bertz CT molecular complexity index is 536. The van der Waals surface area contributed by atoms with Crippen LogP contribution in [0, 0.1) is 9.49 Å². The molecule has 0 aliphatic carbocycles. The molecule has 1 aromatic carbocycles. The number of rotatable bonds is 2. The second-order valence-electron chi connectivity index (χ2n) is 4.82. The van der Waals surface area contributed by atoms with Crippen LogP contribution in [0.3, 0.4) is 0 Å². The van der Waals surface area contributed by atoms with E-state index in [4.69, 9.17) is 0 Å². The third-order valence-electron chi connectivity index (χ3n) is 3.40. The fourth-order valence-corrected chi connectivity index (χ4v) is 2.97. The van der Waals surface area contributed by atoms with Crippen molar-refractivity contribution in [2.75, 3.05) is 20.1 Å². The van der Waals surface area contributed by atoms with E-state index in [1.165, 1.54) is 23.1 Å². The van der Waals surface area contributed by atoms with E-state index in [0.717, 1.165) is 17.6 Å².